The maximum Gasteiger partial charge on any atom is 0.387 e. The number of nitrogens with zero attached hydrogens (tertiary/aromatic N) is 2. The molecule has 2 heterocycles. The molecular formula is C20H30F2N4O3. The average molecular weight is 412 g/mol. The number of aliphatic imine (C=N–C) groups is 1. The lowest BCUT2D eigenvalue weighted by molar-refractivity contribution is -0.0505. The van der Waals surface area contributed by atoms with Gasteiger partial charge in [0.05, 0.1) is 6.54 Å². The smallest absolute Gasteiger partial charge is 0.387 e. The molecule has 0 bridgehead atoms. The van der Waals surface area contributed by atoms with E-state index in [0.717, 1.165) is 26.1 Å². The van der Waals surface area contributed by atoms with E-state index in [1.165, 1.54) is 18.9 Å². The maximum atomic E-state index is 12.8. The molecule has 1 aromatic carbocycles. The van der Waals surface area contributed by atoms with Crippen molar-refractivity contribution in [3.63, 3.8) is 0 Å². The van der Waals surface area contributed by atoms with Gasteiger partial charge in [-0.15, -0.1) is 0 Å². The molecule has 1 saturated heterocycles. The van der Waals surface area contributed by atoms with Gasteiger partial charge in [0.25, 0.3) is 0 Å². The Kier molecular flexibility index (Phi) is 7.74. The Labute approximate surface area is 170 Å². The van der Waals surface area contributed by atoms with Crippen LogP contribution in [0.15, 0.2) is 17.1 Å². The summed E-state index contributed by atoms with van der Waals surface area (Å²) in [5.41, 5.74) is 0.512. The number of nitrogens with one attached hydrogen (secondary N) is 2. The van der Waals surface area contributed by atoms with Gasteiger partial charge in [-0.3, -0.25) is 4.90 Å². The Morgan fingerprint density at radius 2 is 1.90 bits per heavy atom. The summed E-state index contributed by atoms with van der Waals surface area (Å²) in [5, 5.41) is 6.59. The van der Waals surface area contributed by atoms with Crippen LogP contribution in [-0.2, 0) is 6.54 Å². The highest BCUT2D eigenvalue weighted by Crippen LogP contribution is 2.39. The van der Waals surface area contributed by atoms with Crippen LogP contribution in [0.2, 0.25) is 0 Å². The normalized spacial score (nSPS) is 17.6. The van der Waals surface area contributed by atoms with Crippen molar-refractivity contribution in [2.24, 2.45) is 4.99 Å². The molecule has 0 spiro atoms. The Morgan fingerprint density at radius 3 is 2.55 bits per heavy atom. The lowest BCUT2D eigenvalue weighted by Gasteiger charge is -2.27. The number of guanidine groups is 1. The van der Waals surface area contributed by atoms with Gasteiger partial charge in [-0.05, 0) is 45.3 Å². The van der Waals surface area contributed by atoms with Crippen molar-refractivity contribution >= 4 is 5.96 Å². The summed E-state index contributed by atoms with van der Waals surface area (Å²) >= 11 is 0. The molecule has 0 radical (unpaired) electrons. The molecule has 3 rings (SSSR count). The first-order chi connectivity index (χ1) is 14.1. The summed E-state index contributed by atoms with van der Waals surface area (Å²) in [4.78, 5) is 7.07. The lowest BCUT2D eigenvalue weighted by atomic mass is 10.1. The van der Waals surface area contributed by atoms with Crippen LogP contribution in [0.1, 0.15) is 38.7 Å². The number of benzene rings is 1. The number of halogens is 2. The Hall–Kier alpha value is -2.29. The van der Waals surface area contributed by atoms with E-state index in [9.17, 15) is 8.78 Å². The van der Waals surface area contributed by atoms with Gasteiger partial charge >= 0.3 is 6.61 Å². The summed E-state index contributed by atoms with van der Waals surface area (Å²) < 4.78 is 40.9. The number of hydrogen-bond acceptors (Lipinski definition) is 5. The van der Waals surface area contributed by atoms with E-state index >= 15 is 0 Å². The molecule has 29 heavy (non-hydrogen) atoms. The number of alkyl halides is 2. The molecule has 1 fully saturated rings. The fourth-order valence-corrected chi connectivity index (χ4v) is 3.65. The van der Waals surface area contributed by atoms with Crippen LogP contribution in [-0.4, -0.2) is 56.5 Å². The van der Waals surface area contributed by atoms with Gasteiger partial charge in [-0.25, -0.2) is 4.99 Å². The molecule has 1 aromatic rings. The standard InChI is InChI=1S/C20H30F2N4O3/c1-3-15(26-7-5-6-8-26)12-25-20(23-4-2)24-11-14-9-17-18(28-13-27-17)10-16(14)29-19(21)22/h9-10,15,19H,3-8,11-13H2,1-2H3,(H2,23,24,25). The van der Waals surface area contributed by atoms with Gasteiger partial charge in [-0.1, -0.05) is 6.92 Å². The van der Waals surface area contributed by atoms with E-state index in [1.807, 2.05) is 6.92 Å². The minimum atomic E-state index is -2.92. The Morgan fingerprint density at radius 1 is 1.17 bits per heavy atom. The number of ether oxygens (including phenoxy) is 3. The van der Waals surface area contributed by atoms with Crippen LogP contribution in [0.4, 0.5) is 8.78 Å². The summed E-state index contributed by atoms with van der Waals surface area (Å²) in [5.74, 6) is 1.60. The lowest BCUT2D eigenvalue weighted by Crippen LogP contribution is -2.46. The molecule has 7 nitrogen and oxygen atoms in total. The third-order valence-corrected chi connectivity index (χ3v) is 5.16. The average Bonchev–Trinajstić information content (AvgIpc) is 3.37. The van der Waals surface area contributed by atoms with Crippen molar-refractivity contribution in [3.8, 4) is 17.2 Å². The van der Waals surface area contributed by atoms with Crippen molar-refractivity contribution in [1.82, 2.24) is 15.5 Å². The second-order valence-electron chi connectivity index (χ2n) is 7.07. The summed E-state index contributed by atoms with van der Waals surface area (Å²) in [6.45, 7) is 5.26. The van der Waals surface area contributed by atoms with Crippen molar-refractivity contribution in [3.05, 3.63) is 17.7 Å². The third kappa shape index (κ3) is 5.85. The zero-order valence-corrected chi connectivity index (χ0v) is 17.0. The van der Waals surface area contributed by atoms with Crippen molar-refractivity contribution in [2.45, 2.75) is 52.3 Å². The number of fused-ring (bicyclic) bond motifs is 1. The zero-order valence-electron chi connectivity index (χ0n) is 17.0. The van der Waals surface area contributed by atoms with Gasteiger partial charge in [-0.2, -0.15) is 8.78 Å². The molecule has 0 aromatic heterocycles. The topological polar surface area (TPSA) is 67.4 Å². The van der Waals surface area contributed by atoms with Crippen molar-refractivity contribution in [1.29, 1.82) is 0 Å². The number of likely N-dealkylation sites (tertiary alicyclic amines) is 1. The minimum Gasteiger partial charge on any atom is -0.454 e. The van der Waals surface area contributed by atoms with Crippen LogP contribution in [0, 0.1) is 0 Å². The molecule has 0 amide bonds. The van der Waals surface area contributed by atoms with E-state index in [2.05, 4.69) is 32.2 Å². The van der Waals surface area contributed by atoms with Crippen molar-refractivity contribution < 1.29 is 23.0 Å². The molecule has 2 aliphatic rings. The SMILES string of the molecule is CCNC(=NCc1cc2c(cc1OC(F)F)OCO2)NCC(CC)N1CCCC1. The molecule has 1 atom stereocenters. The highest BCUT2D eigenvalue weighted by atomic mass is 19.3. The zero-order chi connectivity index (χ0) is 20.6. The van der Waals surface area contributed by atoms with Gasteiger partial charge in [0.1, 0.15) is 5.75 Å². The van der Waals surface area contributed by atoms with Gasteiger partial charge in [0.15, 0.2) is 17.5 Å². The third-order valence-electron chi connectivity index (χ3n) is 5.16. The highest BCUT2D eigenvalue weighted by molar-refractivity contribution is 5.79. The summed E-state index contributed by atoms with van der Waals surface area (Å²) in [7, 11) is 0. The fraction of sp³-hybridized carbons (Fsp3) is 0.650. The Bertz CT molecular complexity index is 697. The molecule has 162 valence electrons. The summed E-state index contributed by atoms with van der Waals surface area (Å²) in [6, 6.07) is 3.52. The van der Waals surface area contributed by atoms with E-state index in [4.69, 9.17) is 9.47 Å². The molecular weight excluding hydrogens is 382 g/mol. The molecule has 9 heteroatoms. The van der Waals surface area contributed by atoms with Crippen LogP contribution in [0.25, 0.3) is 0 Å². The molecule has 2 aliphatic heterocycles. The maximum absolute atomic E-state index is 12.8. The van der Waals surface area contributed by atoms with Crippen molar-refractivity contribution in [2.75, 3.05) is 33.0 Å². The van der Waals surface area contributed by atoms with Crippen LogP contribution in [0.3, 0.4) is 0 Å². The molecule has 0 aliphatic carbocycles. The van der Waals surface area contributed by atoms with E-state index in [1.54, 1.807) is 6.07 Å². The first kappa shape index (κ1) is 21.4. The highest BCUT2D eigenvalue weighted by Gasteiger charge is 2.21. The van der Waals surface area contributed by atoms with Crippen LogP contribution < -0.4 is 24.8 Å². The number of rotatable bonds is 9. The monoisotopic (exact) mass is 412 g/mol. The first-order valence-corrected chi connectivity index (χ1v) is 10.2. The largest absolute Gasteiger partial charge is 0.454 e. The van der Waals surface area contributed by atoms with E-state index in [0.29, 0.717) is 35.6 Å². The van der Waals surface area contributed by atoms with Gasteiger partial charge in [0.2, 0.25) is 6.79 Å². The first-order valence-electron chi connectivity index (χ1n) is 10.2. The minimum absolute atomic E-state index is 0.0485. The van der Waals surface area contributed by atoms with E-state index < -0.39 is 6.61 Å². The van der Waals surface area contributed by atoms with Crippen LogP contribution in [0.5, 0.6) is 17.2 Å². The number of hydrogen-bond donors (Lipinski definition) is 2. The predicted molar refractivity (Wildman–Crippen MR) is 107 cm³/mol. The van der Waals surface area contributed by atoms with E-state index in [-0.39, 0.29) is 19.1 Å². The second kappa shape index (κ2) is 10.5. The quantitative estimate of drug-likeness (QED) is 0.480. The molecule has 1 unspecified atom stereocenters. The predicted octanol–water partition coefficient (Wildman–Crippen LogP) is 2.95. The summed E-state index contributed by atoms with van der Waals surface area (Å²) in [6.07, 6.45) is 3.56. The fourth-order valence-electron chi connectivity index (χ4n) is 3.65. The Balaban J connectivity index is 1.69. The molecule has 0 saturated carbocycles. The second-order valence-corrected chi connectivity index (χ2v) is 7.07. The van der Waals surface area contributed by atoms with Crippen LogP contribution >= 0.6 is 0 Å². The van der Waals surface area contributed by atoms with Gasteiger partial charge in [0, 0.05) is 30.8 Å². The van der Waals surface area contributed by atoms with Gasteiger partial charge < -0.3 is 24.8 Å². The molecule has 2 N–H and O–H groups in total.